The topological polar surface area (TPSA) is 35.5 Å². The molecule has 0 radical (unpaired) electrons. The van der Waals surface area contributed by atoms with E-state index in [9.17, 15) is 4.79 Å². The average molecular weight is 192 g/mol. The van der Waals surface area contributed by atoms with Crippen LogP contribution < -0.4 is 9.47 Å². The van der Waals surface area contributed by atoms with Crippen LogP contribution in [0.1, 0.15) is 21.5 Å². The Balaban J connectivity index is 2.67. The minimum absolute atomic E-state index is 0.621. The fourth-order valence-corrected chi connectivity index (χ4v) is 1.90. The third kappa shape index (κ3) is 1.16. The number of carbonyl (C=O) groups excluding carboxylic acids is 1. The Morgan fingerprint density at radius 1 is 1.57 bits per heavy atom. The van der Waals surface area contributed by atoms with Gasteiger partial charge < -0.3 is 9.47 Å². The Morgan fingerprint density at radius 2 is 2.36 bits per heavy atom. The van der Waals surface area contributed by atoms with Crippen molar-refractivity contribution in [3.8, 4) is 11.5 Å². The Morgan fingerprint density at radius 3 is 3.00 bits per heavy atom. The first-order valence-corrected chi connectivity index (χ1v) is 4.56. The number of hydrogen-bond acceptors (Lipinski definition) is 3. The van der Waals surface area contributed by atoms with Crippen molar-refractivity contribution in [2.24, 2.45) is 0 Å². The smallest absolute Gasteiger partial charge is 0.153 e. The van der Waals surface area contributed by atoms with Crippen LogP contribution >= 0.6 is 0 Å². The van der Waals surface area contributed by atoms with Gasteiger partial charge >= 0.3 is 0 Å². The summed E-state index contributed by atoms with van der Waals surface area (Å²) in [6.45, 7) is 2.57. The van der Waals surface area contributed by atoms with Crippen LogP contribution in [0.5, 0.6) is 11.5 Å². The Kier molecular flexibility index (Phi) is 2.15. The first-order chi connectivity index (χ1) is 6.77. The van der Waals surface area contributed by atoms with E-state index >= 15 is 0 Å². The van der Waals surface area contributed by atoms with Crippen LogP contribution in [0.4, 0.5) is 0 Å². The van der Waals surface area contributed by atoms with E-state index in [-0.39, 0.29) is 0 Å². The molecule has 0 saturated carbocycles. The Bertz CT molecular complexity index is 383. The van der Waals surface area contributed by atoms with Gasteiger partial charge in [0.25, 0.3) is 0 Å². The summed E-state index contributed by atoms with van der Waals surface area (Å²) in [6, 6.07) is 1.80. The van der Waals surface area contributed by atoms with Crippen molar-refractivity contribution in [1.82, 2.24) is 0 Å². The average Bonchev–Trinajstić information content (AvgIpc) is 2.65. The minimum atomic E-state index is 0.621. The second-order valence-electron chi connectivity index (χ2n) is 3.34. The molecule has 0 bridgehead atoms. The molecule has 0 N–H and O–H groups in total. The lowest BCUT2D eigenvalue weighted by atomic mass is 10.0. The number of aldehydes is 1. The summed E-state index contributed by atoms with van der Waals surface area (Å²) in [5.41, 5.74) is 2.63. The predicted molar refractivity (Wildman–Crippen MR) is 52.3 cm³/mol. The van der Waals surface area contributed by atoms with Gasteiger partial charge in [0.05, 0.1) is 19.3 Å². The van der Waals surface area contributed by atoms with E-state index in [1.165, 1.54) is 0 Å². The first kappa shape index (κ1) is 9.06. The molecule has 0 spiro atoms. The molecular formula is C11H12O3. The van der Waals surface area contributed by atoms with Gasteiger partial charge in [-0.05, 0) is 18.6 Å². The van der Waals surface area contributed by atoms with E-state index < -0.39 is 0 Å². The molecule has 2 rings (SSSR count). The van der Waals surface area contributed by atoms with Crippen molar-refractivity contribution >= 4 is 6.29 Å². The Labute approximate surface area is 82.6 Å². The van der Waals surface area contributed by atoms with Crippen LogP contribution in [0.2, 0.25) is 0 Å². The molecule has 0 fully saturated rings. The zero-order valence-electron chi connectivity index (χ0n) is 8.29. The maximum absolute atomic E-state index is 10.8. The van der Waals surface area contributed by atoms with E-state index in [1.54, 1.807) is 13.2 Å². The number of benzene rings is 1. The second-order valence-corrected chi connectivity index (χ2v) is 3.34. The van der Waals surface area contributed by atoms with Gasteiger partial charge in [-0.1, -0.05) is 0 Å². The van der Waals surface area contributed by atoms with Gasteiger partial charge in [0.2, 0.25) is 0 Å². The summed E-state index contributed by atoms with van der Waals surface area (Å²) in [4.78, 5) is 10.8. The number of carbonyl (C=O) groups is 1. The third-order valence-corrected chi connectivity index (χ3v) is 2.47. The van der Waals surface area contributed by atoms with E-state index in [0.717, 1.165) is 29.6 Å². The molecule has 1 aromatic rings. The number of fused-ring (bicyclic) bond motifs is 1. The van der Waals surface area contributed by atoms with Crippen molar-refractivity contribution in [2.45, 2.75) is 13.3 Å². The molecule has 0 saturated heterocycles. The van der Waals surface area contributed by atoms with Gasteiger partial charge in [0, 0.05) is 12.0 Å². The molecular weight excluding hydrogens is 180 g/mol. The molecule has 0 amide bonds. The zero-order chi connectivity index (χ0) is 10.1. The molecule has 1 aromatic carbocycles. The zero-order valence-corrected chi connectivity index (χ0v) is 8.29. The van der Waals surface area contributed by atoms with E-state index in [4.69, 9.17) is 9.47 Å². The fraction of sp³-hybridized carbons (Fsp3) is 0.364. The van der Waals surface area contributed by atoms with Gasteiger partial charge in [0.1, 0.15) is 11.5 Å². The minimum Gasteiger partial charge on any atom is -0.496 e. The molecule has 1 aliphatic rings. The molecule has 74 valence electrons. The quantitative estimate of drug-likeness (QED) is 0.670. The van der Waals surface area contributed by atoms with Gasteiger partial charge in [-0.25, -0.2) is 0 Å². The molecule has 0 unspecified atom stereocenters. The molecule has 0 aliphatic carbocycles. The van der Waals surface area contributed by atoms with E-state index in [0.29, 0.717) is 17.9 Å². The third-order valence-electron chi connectivity index (χ3n) is 2.47. The van der Waals surface area contributed by atoms with Crippen molar-refractivity contribution in [3.05, 3.63) is 22.8 Å². The highest BCUT2D eigenvalue weighted by atomic mass is 16.5. The molecule has 1 aliphatic heterocycles. The van der Waals surface area contributed by atoms with Gasteiger partial charge in [-0.15, -0.1) is 0 Å². The molecule has 14 heavy (non-hydrogen) atoms. The van der Waals surface area contributed by atoms with Crippen LogP contribution in [0.15, 0.2) is 6.07 Å². The molecule has 3 heteroatoms. The van der Waals surface area contributed by atoms with Crippen molar-refractivity contribution in [1.29, 1.82) is 0 Å². The van der Waals surface area contributed by atoms with Crippen LogP contribution in [0.25, 0.3) is 0 Å². The van der Waals surface area contributed by atoms with Crippen LogP contribution in [0, 0.1) is 6.92 Å². The summed E-state index contributed by atoms with van der Waals surface area (Å²) in [7, 11) is 1.64. The maximum Gasteiger partial charge on any atom is 0.153 e. The van der Waals surface area contributed by atoms with Crippen LogP contribution in [-0.4, -0.2) is 20.0 Å². The second kappa shape index (κ2) is 3.33. The fourth-order valence-electron chi connectivity index (χ4n) is 1.90. The summed E-state index contributed by atoms with van der Waals surface area (Å²) >= 11 is 0. The molecule has 3 nitrogen and oxygen atoms in total. The molecule has 0 aromatic heterocycles. The largest absolute Gasteiger partial charge is 0.496 e. The van der Waals surface area contributed by atoms with Crippen molar-refractivity contribution in [2.75, 3.05) is 13.7 Å². The summed E-state index contributed by atoms with van der Waals surface area (Å²) in [5.74, 6) is 1.55. The molecule has 1 heterocycles. The van der Waals surface area contributed by atoms with Crippen LogP contribution in [-0.2, 0) is 6.42 Å². The van der Waals surface area contributed by atoms with Crippen molar-refractivity contribution < 1.29 is 14.3 Å². The summed E-state index contributed by atoms with van der Waals surface area (Å²) in [6.07, 6.45) is 1.65. The number of hydrogen-bond donors (Lipinski definition) is 0. The normalized spacial score (nSPS) is 13.3. The highest BCUT2D eigenvalue weighted by molar-refractivity contribution is 5.82. The highest BCUT2D eigenvalue weighted by Crippen LogP contribution is 2.38. The number of aryl methyl sites for hydroxylation is 1. The van der Waals surface area contributed by atoms with Gasteiger partial charge in [-0.2, -0.15) is 0 Å². The van der Waals surface area contributed by atoms with Crippen LogP contribution in [0.3, 0.4) is 0 Å². The van der Waals surface area contributed by atoms with Gasteiger partial charge in [-0.3, -0.25) is 4.79 Å². The highest BCUT2D eigenvalue weighted by Gasteiger charge is 2.22. The van der Waals surface area contributed by atoms with Gasteiger partial charge in [0.15, 0.2) is 6.29 Å². The lowest BCUT2D eigenvalue weighted by molar-refractivity contribution is 0.112. The molecule has 0 atom stereocenters. The number of rotatable bonds is 2. The number of ether oxygens (including phenoxy) is 2. The summed E-state index contributed by atoms with van der Waals surface area (Å²) in [5, 5.41) is 0. The lowest BCUT2D eigenvalue weighted by Crippen LogP contribution is -1.95. The van der Waals surface area contributed by atoms with Crippen molar-refractivity contribution in [3.63, 3.8) is 0 Å². The SMILES string of the molecule is COc1c(C)cc(C=O)c2c1CCO2. The summed E-state index contributed by atoms with van der Waals surface area (Å²) < 4.78 is 10.7. The lowest BCUT2D eigenvalue weighted by Gasteiger charge is -2.10. The number of methoxy groups -OCH3 is 1. The first-order valence-electron chi connectivity index (χ1n) is 4.56. The monoisotopic (exact) mass is 192 g/mol. The van der Waals surface area contributed by atoms with E-state index in [2.05, 4.69) is 0 Å². The Hall–Kier alpha value is -1.51. The predicted octanol–water partition coefficient (Wildman–Crippen LogP) is 1.75. The maximum atomic E-state index is 10.8. The van der Waals surface area contributed by atoms with E-state index in [1.807, 2.05) is 6.92 Å². The standard InChI is InChI=1S/C11H12O3/c1-7-5-8(6-12)11-9(3-4-14-11)10(7)13-2/h5-6H,3-4H2,1-2H3.